The summed E-state index contributed by atoms with van der Waals surface area (Å²) in [5.41, 5.74) is 1.80. The lowest BCUT2D eigenvalue weighted by molar-refractivity contribution is -0.118. The van der Waals surface area contributed by atoms with Gasteiger partial charge in [0.25, 0.3) is 0 Å². The highest BCUT2D eigenvalue weighted by Crippen LogP contribution is 2.29. The molecule has 1 amide bonds. The molecule has 1 aliphatic rings. The number of rotatable bonds is 4. The number of nitrogens with one attached hydrogen (secondary N) is 1. The predicted molar refractivity (Wildman–Crippen MR) is 70.2 cm³/mol. The van der Waals surface area contributed by atoms with Crippen LogP contribution in [-0.4, -0.2) is 25.0 Å². The molecule has 18 heavy (non-hydrogen) atoms. The second kappa shape index (κ2) is 5.48. The molecule has 0 fully saturated rings. The van der Waals surface area contributed by atoms with E-state index >= 15 is 0 Å². The van der Waals surface area contributed by atoms with Crippen molar-refractivity contribution in [3.63, 3.8) is 0 Å². The number of benzene rings is 1. The SMILES string of the molecule is CCNC(C)CC(=O)N1CCc2ccc(F)cc21. The topological polar surface area (TPSA) is 32.3 Å². The van der Waals surface area contributed by atoms with Crippen LogP contribution in [0.5, 0.6) is 0 Å². The van der Waals surface area contributed by atoms with Crippen LogP contribution in [0.25, 0.3) is 0 Å². The average molecular weight is 250 g/mol. The van der Waals surface area contributed by atoms with Crippen molar-refractivity contribution in [1.82, 2.24) is 5.32 Å². The van der Waals surface area contributed by atoms with Crippen molar-refractivity contribution >= 4 is 11.6 Å². The van der Waals surface area contributed by atoms with Gasteiger partial charge in [0.1, 0.15) is 5.82 Å². The highest BCUT2D eigenvalue weighted by atomic mass is 19.1. The lowest BCUT2D eigenvalue weighted by atomic mass is 10.1. The molecule has 0 spiro atoms. The Bertz CT molecular complexity index is 447. The van der Waals surface area contributed by atoms with Crippen LogP contribution in [0.2, 0.25) is 0 Å². The largest absolute Gasteiger partial charge is 0.314 e. The van der Waals surface area contributed by atoms with Gasteiger partial charge in [-0.05, 0) is 37.6 Å². The molecule has 1 atom stereocenters. The summed E-state index contributed by atoms with van der Waals surface area (Å²) in [6.07, 6.45) is 1.26. The average Bonchev–Trinajstić information content (AvgIpc) is 2.71. The van der Waals surface area contributed by atoms with E-state index in [0.29, 0.717) is 13.0 Å². The molecular formula is C14H19FN2O. The Morgan fingerprint density at radius 2 is 2.33 bits per heavy atom. The number of halogens is 1. The molecule has 1 aromatic rings. The minimum Gasteiger partial charge on any atom is -0.314 e. The van der Waals surface area contributed by atoms with Crippen LogP contribution in [0.1, 0.15) is 25.8 Å². The van der Waals surface area contributed by atoms with Crippen LogP contribution < -0.4 is 10.2 Å². The standard InChI is InChI=1S/C14H19FN2O/c1-3-16-10(2)8-14(18)17-7-6-11-4-5-12(15)9-13(11)17/h4-5,9-10,16H,3,6-8H2,1-2H3. The van der Waals surface area contributed by atoms with E-state index in [4.69, 9.17) is 0 Å². The monoisotopic (exact) mass is 250 g/mol. The van der Waals surface area contributed by atoms with E-state index in [1.807, 2.05) is 13.8 Å². The number of hydrogen-bond acceptors (Lipinski definition) is 2. The van der Waals surface area contributed by atoms with Gasteiger partial charge in [-0.25, -0.2) is 4.39 Å². The fraction of sp³-hybridized carbons (Fsp3) is 0.500. The molecule has 0 aromatic heterocycles. The Labute approximate surface area is 107 Å². The number of nitrogens with zero attached hydrogens (tertiary/aromatic N) is 1. The van der Waals surface area contributed by atoms with Crippen LogP contribution in [0.4, 0.5) is 10.1 Å². The van der Waals surface area contributed by atoms with Gasteiger partial charge in [0.2, 0.25) is 5.91 Å². The molecular weight excluding hydrogens is 231 g/mol. The van der Waals surface area contributed by atoms with Gasteiger partial charge in [-0.1, -0.05) is 13.0 Å². The molecule has 3 nitrogen and oxygen atoms in total. The molecule has 1 unspecified atom stereocenters. The Morgan fingerprint density at radius 3 is 3.06 bits per heavy atom. The van der Waals surface area contributed by atoms with E-state index < -0.39 is 0 Å². The van der Waals surface area contributed by atoms with Crippen molar-refractivity contribution in [1.29, 1.82) is 0 Å². The number of carbonyl (C=O) groups excluding carboxylic acids is 1. The number of fused-ring (bicyclic) bond motifs is 1. The molecule has 0 bridgehead atoms. The van der Waals surface area contributed by atoms with E-state index in [2.05, 4.69) is 5.32 Å². The molecule has 1 N–H and O–H groups in total. The predicted octanol–water partition coefficient (Wildman–Crippen LogP) is 2.10. The smallest absolute Gasteiger partial charge is 0.228 e. The van der Waals surface area contributed by atoms with Crippen LogP contribution in [-0.2, 0) is 11.2 Å². The van der Waals surface area contributed by atoms with Crippen LogP contribution >= 0.6 is 0 Å². The van der Waals surface area contributed by atoms with E-state index in [0.717, 1.165) is 24.2 Å². The van der Waals surface area contributed by atoms with Crippen molar-refractivity contribution < 1.29 is 9.18 Å². The molecule has 1 heterocycles. The number of carbonyl (C=O) groups is 1. The maximum absolute atomic E-state index is 13.2. The first-order chi connectivity index (χ1) is 8.61. The van der Waals surface area contributed by atoms with Gasteiger partial charge in [-0.15, -0.1) is 0 Å². The van der Waals surface area contributed by atoms with E-state index in [1.54, 1.807) is 11.0 Å². The summed E-state index contributed by atoms with van der Waals surface area (Å²) in [7, 11) is 0. The van der Waals surface area contributed by atoms with Gasteiger partial charge in [0.15, 0.2) is 0 Å². The second-order valence-corrected chi connectivity index (χ2v) is 4.73. The Hall–Kier alpha value is -1.42. The highest BCUT2D eigenvalue weighted by molar-refractivity contribution is 5.95. The third-order valence-electron chi connectivity index (χ3n) is 3.28. The third-order valence-corrected chi connectivity index (χ3v) is 3.28. The van der Waals surface area contributed by atoms with Crippen molar-refractivity contribution in [2.75, 3.05) is 18.0 Å². The molecule has 4 heteroatoms. The van der Waals surface area contributed by atoms with Crippen molar-refractivity contribution in [3.05, 3.63) is 29.6 Å². The van der Waals surface area contributed by atoms with Gasteiger partial charge in [-0.3, -0.25) is 4.79 Å². The molecule has 0 saturated heterocycles. The normalized spacial score (nSPS) is 15.6. The minimum atomic E-state index is -0.284. The number of hydrogen-bond donors (Lipinski definition) is 1. The zero-order valence-corrected chi connectivity index (χ0v) is 10.9. The Kier molecular flexibility index (Phi) is 3.97. The summed E-state index contributed by atoms with van der Waals surface area (Å²) in [4.78, 5) is 13.9. The van der Waals surface area contributed by atoms with Crippen LogP contribution in [0.15, 0.2) is 18.2 Å². The van der Waals surface area contributed by atoms with Crippen LogP contribution in [0, 0.1) is 5.82 Å². The number of amides is 1. The van der Waals surface area contributed by atoms with Crippen molar-refractivity contribution in [3.8, 4) is 0 Å². The maximum atomic E-state index is 13.2. The summed E-state index contributed by atoms with van der Waals surface area (Å²) in [6, 6.07) is 4.83. The second-order valence-electron chi connectivity index (χ2n) is 4.73. The first-order valence-electron chi connectivity index (χ1n) is 6.44. The van der Waals surface area contributed by atoms with E-state index in [1.165, 1.54) is 12.1 Å². The van der Waals surface area contributed by atoms with Crippen LogP contribution in [0.3, 0.4) is 0 Å². The van der Waals surface area contributed by atoms with Gasteiger partial charge in [0, 0.05) is 24.7 Å². The van der Waals surface area contributed by atoms with Gasteiger partial charge in [-0.2, -0.15) is 0 Å². The molecule has 98 valence electrons. The zero-order chi connectivity index (χ0) is 13.1. The Morgan fingerprint density at radius 1 is 1.56 bits per heavy atom. The van der Waals surface area contributed by atoms with Crippen molar-refractivity contribution in [2.24, 2.45) is 0 Å². The summed E-state index contributed by atoms with van der Waals surface area (Å²) in [5, 5.41) is 3.21. The van der Waals surface area contributed by atoms with E-state index in [-0.39, 0.29) is 17.8 Å². The van der Waals surface area contributed by atoms with Gasteiger partial charge in [0.05, 0.1) is 0 Å². The fourth-order valence-corrected chi connectivity index (χ4v) is 2.40. The van der Waals surface area contributed by atoms with Gasteiger partial charge < -0.3 is 10.2 Å². The molecule has 1 aliphatic heterocycles. The Balaban J connectivity index is 2.08. The van der Waals surface area contributed by atoms with E-state index in [9.17, 15) is 9.18 Å². The molecule has 0 aliphatic carbocycles. The first kappa shape index (κ1) is 13.0. The highest BCUT2D eigenvalue weighted by Gasteiger charge is 2.25. The fourth-order valence-electron chi connectivity index (χ4n) is 2.40. The lowest BCUT2D eigenvalue weighted by Gasteiger charge is -2.20. The molecule has 1 aromatic carbocycles. The molecule has 0 radical (unpaired) electrons. The maximum Gasteiger partial charge on any atom is 0.228 e. The summed E-state index contributed by atoms with van der Waals surface area (Å²) in [6.45, 7) is 5.52. The third kappa shape index (κ3) is 2.70. The minimum absolute atomic E-state index is 0.0628. The summed E-state index contributed by atoms with van der Waals surface area (Å²) >= 11 is 0. The zero-order valence-electron chi connectivity index (χ0n) is 10.9. The summed E-state index contributed by atoms with van der Waals surface area (Å²) < 4.78 is 13.2. The van der Waals surface area contributed by atoms with Gasteiger partial charge >= 0.3 is 0 Å². The summed E-state index contributed by atoms with van der Waals surface area (Å²) in [5.74, 6) is -0.221. The first-order valence-corrected chi connectivity index (χ1v) is 6.44. The number of anilines is 1. The molecule has 2 rings (SSSR count). The van der Waals surface area contributed by atoms with Crippen molar-refractivity contribution in [2.45, 2.75) is 32.7 Å². The quantitative estimate of drug-likeness (QED) is 0.887. The lowest BCUT2D eigenvalue weighted by Crippen LogP contribution is -2.36. The molecule has 0 saturated carbocycles.